The molecule has 0 unspecified atom stereocenters. The second-order valence-electron chi connectivity index (χ2n) is 6.89. The lowest BCUT2D eigenvalue weighted by Gasteiger charge is -2.23. The Morgan fingerprint density at radius 3 is 2.10 bits per heavy atom. The summed E-state index contributed by atoms with van der Waals surface area (Å²) < 4.78 is 5.26. The van der Waals surface area contributed by atoms with E-state index >= 15 is 0 Å². The first-order valence-electron chi connectivity index (χ1n) is 6.85. The van der Waals surface area contributed by atoms with Crippen LogP contribution in [0.2, 0.25) is 0 Å². The molecule has 0 aliphatic heterocycles. The van der Waals surface area contributed by atoms with Gasteiger partial charge in [0, 0.05) is 7.05 Å². The first kappa shape index (κ1) is 16.3. The minimum atomic E-state index is -0.505. The van der Waals surface area contributed by atoms with Gasteiger partial charge in [-0.05, 0) is 43.9 Å². The number of carbonyl (C=O) groups excluding carboxylic acids is 1. The molecule has 0 aliphatic rings. The maximum atomic E-state index is 11.8. The number of amides is 1. The number of carbonyl (C=O) groups is 1. The molecule has 20 heavy (non-hydrogen) atoms. The van der Waals surface area contributed by atoms with E-state index in [2.05, 4.69) is 31.4 Å². The molecule has 0 aromatic heterocycles. The van der Waals surface area contributed by atoms with Crippen molar-refractivity contribution in [3.05, 3.63) is 23.8 Å². The summed E-state index contributed by atoms with van der Waals surface area (Å²) in [5.41, 5.74) is 2.36. The van der Waals surface area contributed by atoms with Crippen molar-refractivity contribution in [3.8, 4) is 0 Å². The molecule has 1 aromatic rings. The second-order valence-corrected chi connectivity index (χ2v) is 6.89. The fraction of sp³-hybridized carbons (Fsp3) is 0.562. The van der Waals surface area contributed by atoms with Crippen molar-refractivity contribution in [2.24, 2.45) is 0 Å². The van der Waals surface area contributed by atoms with Crippen molar-refractivity contribution < 1.29 is 9.53 Å². The van der Waals surface area contributed by atoms with Gasteiger partial charge in [-0.3, -0.25) is 5.32 Å². The van der Waals surface area contributed by atoms with Gasteiger partial charge in [0.15, 0.2) is 0 Å². The van der Waals surface area contributed by atoms with Crippen molar-refractivity contribution in [2.45, 2.75) is 52.6 Å². The van der Waals surface area contributed by atoms with Crippen molar-refractivity contribution in [2.75, 3.05) is 17.7 Å². The Kier molecular flexibility index (Phi) is 4.69. The molecule has 0 aliphatic carbocycles. The lowest BCUT2D eigenvalue weighted by Crippen LogP contribution is -2.27. The highest BCUT2D eigenvalue weighted by molar-refractivity contribution is 5.89. The highest BCUT2D eigenvalue weighted by Crippen LogP contribution is 2.30. The highest BCUT2D eigenvalue weighted by atomic mass is 16.6. The molecule has 0 saturated heterocycles. The monoisotopic (exact) mass is 278 g/mol. The number of ether oxygens (including phenoxy) is 1. The highest BCUT2D eigenvalue weighted by Gasteiger charge is 2.19. The summed E-state index contributed by atoms with van der Waals surface area (Å²) in [5, 5.41) is 5.88. The van der Waals surface area contributed by atoms with Crippen LogP contribution in [0.1, 0.15) is 47.1 Å². The van der Waals surface area contributed by atoms with Gasteiger partial charge in [-0.15, -0.1) is 0 Å². The van der Waals surface area contributed by atoms with E-state index < -0.39 is 11.7 Å². The molecule has 0 spiro atoms. The van der Waals surface area contributed by atoms with Crippen molar-refractivity contribution in [1.82, 2.24) is 0 Å². The first-order chi connectivity index (χ1) is 9.03. The number of rotatable bonds is 2. The molecular weight excluding hydrogens is 252 g/mol. The van der Waals surface area contributed by atoms with Crippen molar-refractivity contribution in [3.63, 3.8) is 0 Å². The smallest absolute Gasteiger partial charge is 0.412 e. The zero-order chi connectivity index (χ0) is 15.6. The normalized spacial score (nSPS) is 11.9. The van der Waals surface area contributed by atoms with E-state index in [0.29, 0.717) is 0 Å². The van der Waals surface area contributed by atoms with Gasteiger partial charge in [0.2, 0.25) is 0 Å². The molecule has 0 fully saturated rings. The van der Waals surface area contributed by atoms with Crippen LogP contribution in [0.5, 0.6) is 0 Å². The maximum absolute atomic E-state index is 11.8. The Hall–Kier alpha value is -1.71. The largest absolute Gasteiger partial charge is 0.444 e. The average molecular weight is 278 g/mol. The van der Waals surface area contributed by atoms with Crippen LogP contribution < -0.4 is 10.6 Å². The summed E-state index contributed by atoms with van der Waals surface area (Å²) in [5.74, 6) is 0. The fourth-order valence-corrected chi connectivity index (χ4v) is 1.74. The SMILES string of the molecule is CNc1cc(C(C)(C)C)ccc1NC(=O)OC(C)(C)C. The molecule has 0 bridgehead atoms. The van der Waals surface area contributed by atoms with Crippen LogP contribution in [-0.2, 0) is 10.2 Å². The van der Waals surface area contributed by atoms with Crippen molar-refractivity contribution >= 4 is 17.5 Å². The first-order valence-corrected chi connectivity index (χ1v) is 6.85. The van der Waals surface area contributed by atoms with Gasteiger partial charge < -0.3 is 10.1 Å². The van der Waals surface area contributed by atoms with Crippen LogP contribution in [-0.4, -0.2) is 18.7 Å². The summed E-state index contributed by atoms with van der Waals surface area (Å²) in [6.45, 7) is 12.0. The van der Waals surface area contributed by atoms with Gasteiger partial charge in [-0.2, -0.15) is 0 Å². The topological polar surface area (TPSA) is 50.4 Å². The molecule has 1 amide bonds. The van der Waals surface area contributed by atoms with E-state index in [0.717, 1.165) is 11.4 Å². The van der Waals surface area contributed by atoms with Gasteiger partial charge in [-0.25, -0.2) is 4.79 Å². The predicted molar refractivity (Wildman–Crippen MR) is 84.5 cm³/mol. The minimum absolute atomic E-state index is 0.0655. The van der Waals surface area contributed by atoms with Gasteiger partial charge >= 0.3 is 6.09 Å². The summed E-state index contributed by atoms with van der Waals surface area (Å²) in [6, 6.07) is 5.97. The zero-order valence-electron chi connectivity index (χ0n) is 13.5. The third kappa shape index (κ3) is 4.76. The summed E-state index contributed by atoms with van der Waals surface area (Å²) in [4.78, 5) is 11.8. The quantitative estimate of drug-likeness (QED) is 0.844. The molecule has 2 N–H and O–H groups in total. The van der Waals surface area contributed by atoms with E-state index in [1.54, 1.807) is 0 Å². The number of benzene rings is 1. The Labute approximate surface area is 121 Å². The average Bonchev–Trinajstić information content (AvgIpc) is 2.25. The van der Waals surface area contributed by atoms with Crippen LogP contribution in [0.4, 0.5) is 16.2 Å². The van der Waals surface area contributed by atoms with Gasteiger partial charge in [-0.1, -0.05) is 26.8 Å². The van der Waals surface area contributed by atoms with Crippen LogP contribution in [0.25, 0.3) is 0 Å². The number of anilines is 2. The minimum Gasteiger partial charge on any atom is -0.444 e. The predicted octanol–water partition coefficient (Wildman–Crippen LogP) is 4.37. The van der Waals surface area contributed by atoms with Gasteiger partial charge in [0.05, 0.1) is 11.4 Å². The van der Waals surface area contributed by atoms with E-state index in [1.165, 1.54) is 5.56 Å². The van der Waals surface area contributed by atoms with Crippen LogP contribution in [0, 0.1) is 0 Å². The Morgan fingerprint density at radius 1 is 1.05 bits per heavy atom. The van der Waals surface area contributed by atoms with Crippen LogP contribution in [0.15, 0.2) is 18.2 Å². The van der Waals surface area contributed by atoms with Crippen LogP contribution >= 0.6 is 0 Å². The van der Waals surface area contributed by atoms with E-state index in [4.69, 9.17) is 4.74 Å². The Balaban J connectivity index is 2.94. The van der Waals surface area contributed by atoms with Crippen molar-refractivity contribution in [1.29, 1.82) is 0 Å². The zero-order valence-corrected chi connectivity index (χ0v) is 13.5. The second kappa shape index (κ2) is 5.73. The lowest BCUT2D eigenvalue weighted by molar-refractivity contribution is 0.0636. The molecule has 0 saturated carbocycles. The third-order valence-electron chi connectivity index (χ3n) is 2.79. The molecule has 0 radical (unpaired) electrons. The molecule has 0 heterocycles. The number of hydrogen-bond donors (Lipinski definition) is 2. The Morgan fingerprint density at radius 2 is 1.65 bits per heavy atom. The summed E-state index contributed by atoms with van der Waals surface area (Å²) in [7, 11) is 1.84. The summed E-state index contributed by atoms with van der Waals surface area (Å²) >= 11 is 0. The molecule has 1 aromatic carbocycles. The molecular formula is C16H26N2O2. The van der Waals surface area contributed by atoms with Gasteiger partial charge in [0.1, 0.15) is 5.60 Å². The Bertz CT molecular complexity index is 482. The van der Waals surface area contributed by atoms with E-state index in [1.807, 2.05) is 46.0 Å². The number of hydrogen-bond acceptors (Lipinski definition) is 3. The standard InChI is InChI=1S/C16H26N2O2/c1-15(2,3)11-8-9-12(13(10-11)17-7)18-14(19)20-16(4,5)6/h8-10,17H,1-7H3,(H,18,19). The fourth-order valence-electron chi connectivity index (χ4n) is 1.74. The van der Waals surface area contributed by atoms with Crippen LogP contribution in [0.3, 0.4) is 0 Å². The molecule has 112 valence electrons. The van der Waals surface area contributed by atoms with E-state index in [9.17, 15) is 4.79 Å². The molecule has 1 rings (SSSR count). The van der Waals surface area contributed by atoms with E-state index in [-0.39, 0.29) is 5.41 Å². The molecule has 4 nitrogen and oxygen atoms in total. The number of nitrogens with one attached hydrogen (secondary N) is 2. The lowest BCUT2D eigenvalue weighted by atomic mass is 9.86. The van der Waals surface area contributed by atoms with Gasteiger partial charge in [0.25, 0.3) is 0 Å². The molecule has 4 heteroatoms. The summed E-state index contributed by atoms with van der Waals surface area (Å²) in [6.07, 6.45) is -0.447. The maximum Gasteiger partial charge on any atom is 0.412 e. The third-order valence-corrected chi connectivity index (χ3v) is 2.79. The molecule has 0 atom stereocenters.